The van der Waals surface area contributed by atoms with E-state index in [0.29, 0.717) is 22.6 Å². The first-order valence-corrected chi connectivity index (χ1v) is 10.7. The molecule has 0 spiro atoms. The van der Waals surface area contributed by atoms with Gasteiger partial charge >= 0.3 is 5.69 Å². The van der Waals surface area contributed by atoms with Crippen molar-refractivity contribution in [2.45, 2.75) is 6.10 Å². The van der Waals surface area contributed by atoms with E-state index in [1.807, 2.05) is 0 Å². The second-order valence-electron chi connectivity index (χ2n) is 7.75. The van der Waals surface area contributed by atoms with Crippen LogP contribution in [0.2, 0.25) is 0 Å². The lowest BCUT2D eigenvalue weighted by Crippen LogP contribution is -2.34. The number of nitrogens with zero attached hydrogens (tertiary/aromatic N) is 4. The van der Waals surface area contributed by atoms with Crippen LogP contribution in [0.25, 0.3) is 28.0 Å². The fourth-order valence-corrected chi connectivity index (χ4v) is 3.75. The monoisotopic (exact) mass is 469 g/mol. The molecule has 174 valence electrons. The Hall–Kier alpha value is -4.90. The molecule has 1 amide bonds. The summed E-state index contributed by atoms with van der Waals surface area (Å²) < 4.78 is 1.04. The van der Waals surface area contributed by atoms with Crippen LogP contribution in [0.15, 0.2) is 82.4 Å². The number of H-pyrrole nitrogens is 2. The van der Waals surface area contributed by atoms with Gasteiger partial charge in [-0.3, -0.25) is 9.59 Å². The fourth-order valence-electron chi connectivity index (χ4n) is 3.75. The molecule has 3 aromatic carbocycles. The summed E-state index contributed by atoms with van der Waals surface area (Å²) in [6, 6.07) is 19.9. The molecular formula is C24H19N7O4. The highest BCUT2D eigenvalue weighted by Crippen LogP contribution is 2.20. The van der Waals surface area contributed by atoms with Crippen LogP contribution in [0, 0.1) is 0 Å². The van der Waals surface area contributed by atoms with Crippen molar-refractivity contribution < 1.29 is 9.90 Å². The highest BCUT2D eigenvalue weighted by molar-refractivity contribution is 5.97. The van der Waals surface area contributed by atoms with Gasteiger partial charge in [0.05, 0.1) is 22.7 Å². The third-order valence-corrected chi connectivity index (χ3v) is 5.51. The average Bonchev–Trinajstić information content (AvgIpc) is 3.43. The Labute approximate surface area is 197 Å². The summed E-state index contributed by atoms with van der Waals surface area (Å²) in [5.41, 5.74) is 1.06. The molecule has 5 rings (SSSR count). The van der Waals surface area contributed by atoms with Gasteiger partial charge in [-0.1, -0.05) is 36.4 Å². The molecule has 11 nitrogen and oxygen atoms in total. The Morgan fingerprint density at radius 3 is 2.63 bits per heavy atom. The van der Waals surface area contributed by atoms with Crippen molar-refractivity contribution >= 4 is 16.8 Å². The summed E-state index contributed by atoms with van der Waals surface area (Å²) in [7, 11) is 0. The number of nitrogens with one attached hydrogen (secondary N) is 3. The molecule has 5 aromatic rings. The number of aliphatic hydroxyl groups excluding tert-OH is 1. The zero-order valence-corrected chi connectivity index (χ0v) is 18.2. The maximum atomic E-state index is 12.9. The molecule has 4 N–H and O–H groups in total. The molecule has 2 aromatic heterocycles. The quantitative estimate of drug-likeness (QED) is 0.292. The maximum Gasteiger partial charge on any atom is 0.333 e. The molecule has 0 bridgehead atoms. The third kappa shape index (κ3) is 4.35. The van der Waals surface area contributed by atoms with Gasteiger partial charge in [0, 0.05) is 17.7 Å². The molecule has 0 radical (unpaired) electrons. The molecule has 1 atom stereocenters. The average molecular weight is 469 g/mol. The van der Waals surface area contributed by atoms with E-state index < -0.39 is 23.3 Å². The van der Waals surface area contributed by atoms with Crippen LogP contribution >= 0.6 is 0 Å². The van der Waals surface area contributed by atoms with Crippen molar-refractivity contribution in [1.29, 1.82) is 0 Å². The van der Waals surface area contributed by atoms with Gasteiger partial charge < -0.3 is 15.4 Å². The van der Waals surface area contributed by atoms with E-state index in [4.69, 9.17) is 0 Å². The summed E-state index contributed by atoms with van der Waals surface area (Å²) >= 11 is 0. The zero-order valence-electron chi connectivity index (χ0n) is 18.2. The lowest BCUT2D eigenvalue weighted by molar-refractivity contribution is 0.0916. The summed E-state index contributed by atoms with van der Waals surface area (Å²) in [6.45, 7) is -0.0569. The predicted molar refractivity (Wildman–Crippen MR) is 127 cm³/mol. The molecule has 0 fully saturated rings. The minimum absolute atomic E-state index is 0.0569. The van der Waals surface area contributed by atoms with Gasteiger partial charge in [-0.15, -0.1) is 10.2 Å². The van der Waals surface area contributed by atoms with Crippen molar-refractivity contribution in [3.05, 3.63) is 105 Å². The molecule has 11 heteroatoms. The third-order valence-electron chi connectivity index (χ3n) is 5.51. The van der Waals surface area contributed by atoms with Gasteiger partial charge in [-0.05, 0) is 47.2 Å². The van der Waals surface area contributed by atoms with E-state index in [0.717, 1.165) is 4.57 Å². The number of tetrazole rings is 1. The zero-order chi connectivity index (χ0) is 24.4. The molecule has 0 saturated heterocycles. The van der Waals surface area contributed by atoms with Crippen molar-refractivity contribution in [3.8, 4) is 17.1 Å². The number of para-hydroxylation sites is 1. The van der Waals surface area contributed by atoms with Gasteiger partial charge in [0.2, 0.25) is 5.82 Å². The first-order valence-electron chi connectivity index (χ1n) is 10.7. The number of hydrogen-bond acceptors (Lipinski definition) is 7. The van der Waals surface area contributed by atoms with Gasteiger partial charge in [-0.25, -0.2) is 9.36 Å². The van der Waals surface area contributed by atoms with Crippen LogP contribution in [0.1, 0.15) is 22.0 Å². The number of amides is 1. The number of aromatic amines is 2. The minimum Gasteiger partial charge on any atom is -0.387 e. The number of benzene rings is 3. The Morgan fingerprint density at radius 2 is 1.86 bits per heavy atom. The van der Waals surface area contributed by atoms with Gasteiger partial charge in [0.25, 0.3) is 11.5 Å². The molecule has 35 heavy (non-hydrogen) atoms. The number of carbonyl (C=O) groups is 1. The number of carbonyl (C=O) groups excluding carboxylic acids is 1. The van der Waals surface area contributed by atoms with E-state index in [2.05, 4.69) is 30.9 Å². The number of aromatic nitrogens is 6. The molecule has 0 aliphatic carbocycles. The molecular weight excluding hydrogens is 450 g/mol. The van der Waals surface area contributed by atoms with E-state index in [9.17, 15) is 19.5 Å². The number of rotatable bonds is 6. The number of fused-ring (bicyclic) bond motifs is 1. The highest BCUT2D eigenvalue weighted by Gasteiger charge is 2.15. The van der Waals surface area contributed by atoms with Crippen molar-refractivity contribution in [1.82, 2.24) is 35.5 Å². The first kappa shape index (κ1) is 21.9. The predicted octanol–water partition coefficient (Wildman–Crippen LogP) is 1.32. The molecule has 0 saturated carbocycles. The normalized spacial score (nSPS) is 11.9. The van der Waals surface area contributed by atoms with Gasteiger partial charge in [-0.2, -0.15) is 5.21 Å². The SMILES string of the molecule is O=C(NCC(O)c1cccc(-c2nn[nH]n2)c1)c1ccc2c(=O)n(-c3ccccc3)c(=O)[nH]c2c1. The number of hydrogen-bond donors (Lipinski definition) is 4. The van der Waals surface area contributed by atoms with Crippen LogP contribution in [-0.4, -0.2) is 47.7 Å². The minimum atomic E-state index is -0.982. The Balaban J connectivity index is 1.34. The summed E-state index contributed by atoms with van der Waals surface area (Å²) in [5.74, 6) is -0.0760. The van der Waals surface area contributed by atoms with Crippen LogP contribution < -0.4 is 16.6 Å². The maximum absolute atomic E-state index is 12.9. The Kier molecular flexibility index (Phi) is 5.73. The fraction of sp³-hybridized carbons (Fsp3) is 0.0833. The highest BCUT2D eigenvalue weighted by atomic mass is 16.3. The summed E-state index contributed by atoms with van der Waals surface area (Å²) in [6.07, 6.45) is -0.982. The van der Waals surface area contributed by atoms with Crippen molar-refractivity contribution in [2.75, 3.05) is 6.54 Å². The smallest absolute Gasteiger partial charge is 0.333 e. The summed E-state index contributed by atoms with van der Waals surface area (Å²) in [4.78, 5) is 40.9. The Bertz CT molecular complexity index is 1630. The number of aliphatic hydroxyl groups is 1. The lowest BCUT2D eigenvalue weighted by atomic mass is 10.1. The Morgan fingerprint density at radius 1 is 1.03 bits per heavy atom. The molecule has 1 unspecified atom stereocenters. The van der Waals surface area contributed by atoms with Crippen LogP contribution in [0.4, 0.5) is 0 Å². The molecule has 0 aliphatic heterocycles. The van der Waals surface area contributed by atoms with Crippen molar-refractivity contribution in [2.24, 2.45) is 0 Å². The summed E-state index contributed by atoms with van der Waals surface area (Å²) in [5, 5.41) is 27.2. The van der Waals surface area contributed by atoms with Crippen LogP contribution in [0.3, 0.4) is 0 Å². The van der Waals surface area contributed by atoms with Crippen LogP contribution in [0.5, 0.6) is 0 Å². The molecule has 2 heterocycles. The lowest BCUT2D eigenvalue weighted by Gasteiger charge is -2.13. The molecule has 0 aliphatic rings. The first-order chi connectivity index (χ1) is 17.0. The van der Waals surface area contributed by atoms with Crippen LogP contribution in [-0.2, 0) is 0 Å². The largest absolute Gasteiger partial charge is 0.387 e. The van der Waals surface area contributed by atoms with Gasteiger partial charge in [0.15, 0.2) is 0 Å². The van der Waals surface area contributed by atoms with E-state index in [-0.39, 0.29) is 23.0 Å². The standard InChI is InChI=1S/C24H19N7O4/c32-20(14-5-4-6-15(11-14)21-27-29-30-28-21)13-25-22(33)16-9-10-18-19(12-16)26-24(35)31(23(18)34)17-7-2-1-3-8-17/h1-12,20,32H,13H2,(H,25,33)(H,26,35)(H,27,28,29,30). The van der Waals surface area contributed by atoms with E-state index >= 15 is 0 Å². The topological polar surface area (TPSA) is 159 Å². The second-order valence-corrected chi connectivity index (χ2v) is 7.75. The van der Waals surface area contributed by atoms with Crippen molar-refractivity contribution in [3.63, 3.8) is 0 Å². The van der Waals surface area contributed by atoms with E-state index in [1.165, 1.54) is 18.2 Å². The van der Waals surface area contributed by atoms with E-state index in [1.54, 1.807) is 54.6 Å². The van der Waals surface area contributed by atoms with Gasteiger partial charge in [0.1, 0.15) is 0 Å². The second kappa shape index (κ2) is 9.15.